The summed E-state index contributed by atoms with van der Waals surface area (Å²) in [5.74, 6) is 0.00115. The van der Waals surface area contributed by atoms with Gasteiger partial charge in [0.25, 0.3) is 0 Å². The fourth-order valence-corrected chi connectivity index (χ4v) is 3.46. The molecule has 0 unspecified atom stereocenters. The number of ketones is 1. The highest BCUT2D eigenvalue weighted by Gasteiger charge is 2.64. The molecule has 0 amide bonds. The zero-order valence-corrected chi connectivity index (χ0v) is 12.2. The molecular formula is C13H15F3N2O2S. The first-order valence-electron chi connectivity index (χ1n) is 6.64. The SMILES string of the molecule is COc1c(NC2(C(F)(F)F)CC2)sc(C(=O)C2CC2)c1N. The van der Waals surface area contributed by atoms with E-state index in [-0.39, 0.29) is 41.0 Å². The second kappa shape index (κ2) is 4.53. The van der Waals surface area contributed by atoms with Crippen molar-refractivity contribution in [1.29, 1.82) is 0 Å². The Kier molecular flexibility index (Phi) is 3.12. The molecule has 0 aromatic carbocycles. The van der Waals surface area contributed by atoms with Gasteiger partial charge >= 0.3 is 6.18 Å². The first kappa shape index (κ1) is 14.5. The van der Waals surface area contributed by atoms with E-state index in [4.69, 9.17) is 10.5 Å². The first-order valence-corrected chi connectivity index (χ1v) is 7.46. The number of nitrogen functional groups attached to an aromatic ring is 1. The average molecular weight is 320 g/mol. The maximum atomic E-state index is 13.0. The molecule has 2 fully saturated rings. The molecule has 2 aliphatic carbocycles. The van der Waals surface area contributed by atoms with Gasteiger partial charge < -0.3 is 15.8 Å². The third-order valence-corrected chi connectivity index (χ3v) is 5.04. The van der Waals surface area contributed by atoms with Crippen molar-refractivity contribution in [3.05, 3.63) is 4.88 Å². The fourth-order valence-electron chi connectivity index (χ4n) is 2.25. The van der Waals surface area contributed by atoms with Crippen molar-refractivity contribution in [2.24, 2.45) is 5.92 Å². The summed E-state index contributed by atoms with van der Waals surface area (Å²) in [5.41, 5.74) is 4.11. The molecule has 2 saturated carbocycles. The molecule has 4 nitrogen and oxygen atoms in total. The van der Waals surface area contributed by atoms with Crippen molar-refractivity contribution in [3.8, 4) is 5.75 Å². The van der Waals surface area contributed by atoms with Gasteiger partial charge in [0.15, 0.2) is 11.5 Å². The lowest BCUT2D eigenvalue weighted by Gasteiger charge is -2.21. The summed E-state index contributed by atoms with van der Waals surface area (Å²) in [6, 6.07) is 0. The smallest absolute Gasteiger partial charge is 0.411 e. The number of carbonyl (C=O) groups is 1. The topological polar surface area (TPSA) is 64.3 Å². The van der Waals surface area contributed by atoms with E-state index in [2.05, 4.69) is 5.32 Å². The van der Waals surface area contributed by atoms with Gasteiger partial charge in [0.1, 0.15) is 10.5 Å². The Bertz CT molecular complexity index is 589. The van der Waals surface area contributed by atoms with Gasteiger partial charge in [-0.1, -0.05) is 0 Å². The molecule has 0 bridgehead atoms. The minimum absolute atomic E-state index is 0.0172. The number of nitrogens with one attached hydrogen (secondary N) is 1. The standard InChI is InChI=1S/C13H15F3N2O2S/c1-20-9-7(17)10(8(19)6-2-3-6)21-11(9)18-12(4-5-12)13(14,15)16/h6,18H,2-5,17H2,1H3. The highest BCUT2D eigenvalue weighted by Crippen LogP contribution is 2.55. The van der Waals surface area contributed by atoms with Crippen molar-refractivity contribution >= 4 is 27.8 Å². The van der Waals surface area contributed by atoms with Crippen molar-refractivity contribution < 1.29 is 22.7 Å². The number of methoxy groups -OCH3 is 1. The Balaban J connectivity index is 1.92. The number of hydrogen-bond donors (Lipinski definition) is 2. The molecule has 1 heterocycles. The monoisotopic (exact) mass is 320 g/mol. The third-order valence-electron chi connectivity index (χ3n) is 3.92. The number of rotatable bonds is 5. The minimum Gasteiger partial charge on any atom is -0.492 e. The predicted octanol–water partition coefficient (Wildman–Crippen LogP) is 3.44. The van der Waals surface area contributed by atoms with Crippen LogP contribution in [0.2, 0.25) is 0 Å². The van der Waals surface area contributed by atoms with Gasteiger partial charge in [-0.2, -0.15) is 13.2 Å². The number of ether oxygens (including phenoxy) is 1. The summed E-state index contributed by atoms with van der Waals surface area (Å²) in [4.78, 5) is 12.4. The Hall–Kier alpha value is -1.44. The van der Waals surface area contributed by atoms with Gasteiger partial charge in [-0.3, -0.25) is 4.79 Å². The lowest BCUT2D eigenvalue weighted by molar-refractivity contribution is -0.151. The molecule has 0 radical (unpaired) electrons. The molecule has 2 aliphatic rings. The van der Waals surface area contributed by atoms with Crippen LogP contribution in [0, 0.1) is 5.92 Å². The second-order valence-corrected chi connectivity index (χ2v) is 6.57. The van der Waals surface area contributed by atoms with Gasteiger partial charge in [-0.25, -0.2) is 0 Å². The van der Waals surface area contributed by atoms with Crippen LogP contribution in [0.4, 0.5) is 23.9 Å². The zero-order valence-electron chi connectivity index (χ0n) is 11.3. The maximum Gasteiger partial charge on any atom is 0.411 e. The van der Waals surface area contributed by atoms with Crippen LogP contribution in [-0.4, -0.2) is 24.6 Å². The van der Waals surface area contributed by atoms with Gasteiger partial charge in [0.2, 0.25) is 0 Å². The summed E-state index contributed by atoms with van der Waals surface area (Å²) in [6.07, 6.45) is -2.67. The third kappa shape index (κ3) is 2.35. The largest absolute Gasteiger partial charge is 0.492 e. The highest BCUT2D eigenvalue weighted by molar-refractivity contribution is 7.19. The number of nitrogens with two attached hydrogens (primary N) is 1. The van der Waals surface area contributed by atoms with Gasteiger partial charge in [0, 0.05) is 5.92 Å². The lowest BCUT2D eigenvalue weighted by atomic mass is 10.2. The number of hydrogen-bond acceptors (Lipinski definition) is 5. The van der Waals surface area contributed by atoms with Crippen LogP contribution in [-0.2, 0) is 0 Å². The molecule has 116 valence electrons. The maximum absolute atomic E-state index is 13.0. The summed E-state index contributed by atoms with van der Waals surface area (Å²) < 4.78 is 44.2. The zero-order chi connectivity index (χ0) is 15.4. The van der Waals surface area contributed by atoms with Crippen molar-refractivity contribution in [3.63, 3.8) is 0 Å². The fraction of sp³-hybridized carbons (Fsp3) is 0.615. The summed E-state index contributed by atoms with van der Waals surface area (Å²) >= 11 is 0.959. The number of Topliss-reactive ketones (excluding diaryl/α,β-unsaturated/α-hetero) is 1. The first-order chi connectivity index (χ1) is 9.79. The van der Waals surface area contributed by atoms with Crippen molar-refractivity contribution in [2.75, 3.05) is 18.2 Å². The van der Waals surface area contributed by atoms with E-state index in [1.54, 1.807) is 0 Å². The number of alkyl halides is 3. The molecule has 1 aromatic heterocycles. The Morgan fingerprint density at radius 3 is 2.48 bits per heavy atom. The van der Waals surface area contributed by atoms with E-state index in [9.17, 15) is 18.0 Å². The molecule has 8 heteroatoms. The average Bonchev–Trinajstić information content (AvgIpc) is 3.26. The van der Waals surface area contributed by atoms with Gasteiger partial charge in [-0.15, -0.1) is 11.3 Å². The van der Waals surface area contributed by atoms with E-state index in [1.807, 2.05) is 0 Å². The molecule has 0 spiro atoms. The molecular weight excluding hydrogens is 305 g/mol. The lowest BCUT2D eigenvalue weighted by Crippen LogP contribution is -2.38. The summed E-state index contributed by atoms with van der Waals surface area (Å²) in [5, 5.41) is 2.69. The summed E-state index contributed by atoms with van der Waals surface area (Å²) in [7, 11) is 1.34. The van der Waals surface area contributed by atoms with Gasteiger partial charge in [-0.05, 0) is 25.7 Å². The number of carbonyl (C=O) groups excluding carboxylic acids is 1. The number of thiophene rings is 1. The van der Waals surface area contributed by atoms with Crippen molar-refractivity contribution in [1.82, 2.24) is 0 Å². The van der Waals surface area contributed by atoms with E-state index in [0.29, 0.717) is 4.88 Å². The Morgan fingerprint density at radius 1 is 1.43 bits per heavy atom. The van der Waals surface area contributed by atoms with Crippen LogP contribution in [0.15, 0.2) is 0 Å². The Labute approximate surface area is 123 Å². The molecule has 0 saturated heterocycles. The van der Waals surface area contributed by atoms with E-state index in [1.165, 1.54) is 7.11 Å². The van der Waals surface area contributed by atoms with Crippen LogP contribution in [0.3, 0.4) is 0 Å². The van der Waals surface area contributed by atoms with E-state index >= 15 is 0 Å². The predicted molar refractivity (Wildman–Crippen MR) is 74.0 cm³/mol. The van der Waals surface area contributed by atoms with Crippen LogP contribution in [0.1, 0.15) is 35.4 Å². The van der Waals surface area contributed by atoms with Crippen LogP contribution in [0.5, 0.6) is 5.75 Å². The normalized spacial score (nSPS) is 20.2. The Morgan fingerprint density at radius 2 is 2.05 bits per heavy atom. The molecule has 21 heavy (non-hydrogen) atoms. The number of anilines is 2. The van der Waals surface area contributed by atoms with Crippen LogP contribution >= 0.6 is 11.3 Å². The molecule has 3 N–H and O–H groups in total. The van der Waals surface area contributed by atoms with Crippen LogP contribution in [0.25, 0.3) is 0 Å². The molecule has 3 rings (SSSR count). The van der Waals surface area contributed by atoms with E-state index in [0.717, 1.165) is 24.2 Å². The quantitative estimate of drug-likeness (QED) is 0.816. The minimum atomic E-state index is -4.34. The summed E-state index contributed by atoms with van der Waals surface area (Å²) in [6.45, 7) is 0. The van der Waals surface area contributed by atoms with Crippen LogP contribution < -0.4 is 15.8 Å². The van der Waals surface area contributed by atoms with E-state index < -0.39 is 11.7 Å². The highest BCUT2D eigenvalue weighted by atomic mass is 32.1. The van der Waals surface area contributed by atoms with Gasteiger partial charge in [0.05, 0.1) is 17.7 Å². The molecule has 0 aliphatic heterocycles. The van der Waals surface area contributed by atoms with Crippen molar-refractivity contribution in [2.45, 2.75) is 37.4 Å². The number of halogens is 3. The second-order valence-electron chi connectivity index (χ2n) is 5.55. The molecule has 0 atom stereocenters. The molecule has 1 aromatic rings.